The van der Waals surface area contributed by atoms with Gasteiger partial charge in [0.1, 0.15) is 17.0 Å². The summed E-state index contributed by atoms with van der Waals surface area (Å²) in [6, 6.07) is 14.5. The van der Waals surface area contributed by atoms with Crippen LogP contribution in [0.5, 0.6) is 0 Å². The van der Waals surface area contributed by atoms with E-state index in [1.165, 1.54) is 23.9 Å². The lowest BCUT2D eigenvalue weighted by Crippen LogP contribution is -2.50. The van der Waals surface area contributed by atoms with Crippen molar-refractivity contribution in [1.82, 2.24) is 40.0 Å². The van der Waals surface area contributed by atoms with Gasteiger partial charge in [-0.3, -0.25) is 19.5 Å². The molecule has 2 aromatic carbocycles. The zero-order valence-corrected chi connectivity index (χ0v) is 24.2. The quantitative estimate of drug-likeness (QED) is 0.268. The molecule has 1 unspecified atom stereocenters. The molecule has 1 atom stereocenters. The van der Waals surface area contributed by atoms with E-state index < -0.39 is 0 Å². The molecule has 0 bridgehead atoms. The van der Waals surface area contributed by atoms with Crippen molar-refractivity contribution >= 4 is 28.6 Å². The number of hydrogen-bond donors (Lipinski definition) is 1. The van der Waals surface area contributed by atoms with E-state index in [2.05, 4.69) is 35.6 Å². The van der Waals surface area contributed by atoms with Gasteiger partial charge in [0.15, 0.2) is 11.4 Å². The Balaban J connectivity index is 1.17. The van der Waals surface area contributed by atoms with Crippen LogP contribution in [0, 0.1) is 5.82 Å². The van der Waals surface area contributed by atoms with Crippen LogP contribution in [-0.2, 0) is 16.1 Å². The van der Waals surface area contributed by atoms with E-state index in [1.54, 1.807) is 60.7 Å². The molecule has 1 N–H and O–H groups in total. The van der Waals surface area contributed by atoms with Crippen LogP contribution in [0.1, 0.15) is 34.8 Å². The number of oxazole rings is 1. The van der Waals surface area contributed by atoms with Crippen molar-refractivity contribution in [3.8, 4) is 11.5 Å². The van der Waals surface area contributed by atoms with Crippen LogP contribution in [0.4, 0.5) is 10.1 Å². The van der Waals surface area contributed by atoms with Crippen molar-refractivity contribution in [2.24, 2.45) is 0 Å². The molecule has 4 heterocycles. The van der Waals surface area contributed by atoms with Crippen LogP contribution in [0.2, 0.25) is 0 Å². The number of rotatable bonds is 9. The number of tetrazole rings is 1. The van der Waals surface area contributed by atoms with Crippen LogP contribution < -0.4 is 5.32 Å². The molecule has 44 heavy (non-hydrogen) atoms. The van der Waals surface area contributed by atoms with E-state index in [4.69, 9.17) is 9.15 Å². The summed E-state index contributed by atoms with van der Waals surface area (Å²) in [6.45, 7) is 4.27. The number of nitrogens with one attached hydrogen (secondary N) is 1. The van der Waals surface area contributed by atoms with Gasteiger partial charge in [-0.05, 0) is 53.2 Å². The minimum atomic E-state index is -0.365. The van der Waals surface area contributed by atoms with Crippen LogP contribution in [-0.4, -0.2) is 91.7 Å². The smallest absolute Gasteiger partial charge is 0.272 e. The fraction of sp³-hybridized carbons (Fsp3) is 0.300. The molecule has 226 valence electrons. The van der Waals surface area contributed by atoms with Crippen molar-refractivity contribution in [2.75, 3.05) is 45.2 Å². The second-order valence-corrected chi connectivity index (χ2v) is 10.3. The molecule has 1 fully saturated rings. The average Bonchev–Trinajstić information content (AvgIpc) is 3.68. The van der Waals surface area contributed by atoms with E-state index in [1.807, 2.05) is 0 Å². The largest absolute Gasteiger partial charge is 0.436 e. The second-order valence-electron chi connectivity index (χ2n) is 10.3. The van der Waals surface area contributed by atoms with Gasteiger partial charge in [0.2, 0.25) is 11.8 Å². The van der Waals surface area contributed by atoms with E-state index in [9.17, 15) is 14.0 Å². The number of carbonyl (C=O) groups is 2. The highest BCUT2D eigenvalue weighted by Gasteiger charge is 2.32. The normalized spacial score (nSPS) is 14.6. The number of nitrogens with zero attached hydrogens (tertiary/aromatic N) is 8. The third-order valence-corrected chi connectivity index (χ3v) is 7.29. The Bertz CT molecular complexity index is 1780. The van der Waals surface area contributed by atoms with Crippen molar-refractivity contribution in [2.45, 2.75) is 19.5 Å². The number of fused-ring (bicyclic) bond motifs is 1. The van der Waals surface area contributed by atoms with Crippen LogP contribution in [0.25, 0.3) is 22.6 Å². The number of anilines is 1. The number of pyridine rings is 1. The highest BCUT2D eigenvalue weighted by Crippen LogP contribution is 2.29. The van der Waals surface area contributed by atoms with E-state index >= 15 is 0 Å². The Labute approximate surface area is 251 Å². The maximum Gasteiger partial charge on any atom is 0.272 e. The molecule has 13 nitrogen and oxygen atoms in total. The van der Waals surface area contributed by atoms with Crippen molar-refractivity contribution in [3.05, 3.63) is 83.7 Å². The summed E-state index contributed by atoms with van der Waals surface area (Å²) >= 11 is 0. The molecule has 6 rings (SSSR count). The topological polar surface area (TPSA) is 144 Å². The summed E-state index contributed by atoms with van der Waals surface area (Å²) in [6.07, 6.45) is 1.56. The predicted molar refractivity (Wildman–Crippen MR) is 157 cm³/mol. The number of benzene rings is 2. The van der Waals surface area contributed by atoms with Crippen LogP contribution >= 0.6 is 0 Å². The van der Waals surface area contributed by atoms with Gasteiger partial charge >= 0.3 is 0 Å². The third kappa shape index (κ3) is 6.31. The Morgan fingerprint density at radius 1 is 1.07 bits per heavy atom. The van der Waals surface area contributed by atoms with E-state index in [0.29, 0.717) is 73.4 Å². The summed E-state index contributed by atoms with van der Waals surface area (Å²) < 4.78 is 24.8. The minimum absolute atomic E-state index is 0.181. The molecule has 0 aliphatic carbocycles. The predicted octanol–water partition coefficient (Wildman–Crippen LogP) is 3.17. The molecule has 1 aliphatic heterocycles. The molecule has 2 amide bonds. The molecule has 3 aromatic heterocycles. The van der Waals surface area contributed by atoms with Gasteiger partial charge in [0, 0.05) is 57.7 Å². The zero-order valence-electron chi connectivity index (χ0n) is 24.2. The first-order valence-electron chi connectivity index (χ1n) is 14.1. The first-order valence-corrected chi connectivity index (χ1v) is 14.1. The van der Waals surface area contributed by atoms with Gasteiger partial charge in [-0.2, -0.15) is 4.80 Å². The number of carbonyl (C=O) groups excluding carboxylic acids is 2. The zero-order chi connectivity index (χ0) is 30.6. The first-order chi connectivity index (χ1) is 21.4. The number of hydrogen-bond acceptors (Lipinski definition) is 10. The van der Waals surface area contributed by atoms with Gasteiger partial charge in [-0.25, -0.2) is 9.37 Å². The molecule has 5 aromatic rings. The Hall–Kier alpha value is -5.08. The number of halogens is 1. The van der Waals surface area contributed by atoms with Gasteiger partial charge in [-0.1, -0.05) is 12.1 Å². The second kappa shape index (κ2) is 12.7. The maximum absolute atomic E-state index is 13.7. The van der Waals surface area contributed by atoms with Gasteiger partial charge in [0.05, 0.1) is 19.2 Å². The summed E-state index contributed by atoms with van der Waals surface area (Å²) in [7, 11) is 1.60. The SMILES string of the molecule is COCCn1nnc(C(c2ccc(F)cc2)N2CCN(C(=O)c3cc(-c4nc5cc(NC(C)=O)ccc5o4)ccn3)CC2)n1. The molecule has 1 saturated heterocycles. The maximum atomic E-state index is 13.7. The van der Waals surface area contributed by atoms with Crippen molar-refractivity contribution in [3.63, 3.8) is 0 Å². The Kier molecular flexibility index (Phi) is 8.34. The highest BCUT2D eigenvalue weighted by molar-refractivity contribution is 5.94. The number of methoxy groups -OCH3 is 1. The first kappa shape index (κ1) is 29.0. The summed E-state index contributed by atoms with van der Waals surface area (Å²) in [4.78, 5) is 39.2. The fourth-order valence-electron chi connectivity index (χ4n) is 5.16. The number of amides is 2. The molecule has 0 radical (unpaired) electrons. The lowest BCUT2D eigenvalue weighted by atomic mass is 10.0. The molecule has 14 heteroatoms. The Morgan fingerprint density at radius 2 is 1.86 bits per heavy atom. The summed E-state index contributed by atoms with van der Waals surface area (Å²) in [5.74, 6) is 0.109. The lowest BCUT2D eigenvalue weighted by molar-refractivity contribution is -0.114. The number of ether oxygens (including phenoxy) is 1. The van der Waals surface area contributed by atoms with Crippen molar-refractivity contribution < 1.29 is 23.1 Å². The fourth-order valence-corrected chi connectivity index (χ4v) is 5.16. The highest BCUT2D eigenvalue weighted by atomic mass is 19.1. The van der Waals surface area contributed by atoms with Crippen molar-refractivity contribution in [1.29, 1.82) is 0 Å². The number of piperazine rings is 1. The molecule has 0 spiro atoms. The van der Waals surface area contributed by atoms with Crippen LogP contribution in [0.15, 0.2) is 65.2 Å². The molecule has 0 saturated carbocycles. The minimum Gasteiger partial charge on any atom is -0.436 e. The summed E-state index contributed by atoms with van der Waals surface area (Å²) in [5, 5.41) is 15.7. The third-order valence-electron chi connectivity index (χ3n) is 7.29. The van der Waals surface area contributed by atoms with E-state index in [-0.39, 0.29) is 29.4 Å². The standard InChI is InChI=1S/C30H30FN9O4/c1-19(41)33-23-7-8-26-24(18-23)34-29(44-26)21-9-10-32-25(17-21)30(42)39-13-11-38(12-14-39)27(20-3-5-22(31)6-4-20)28-35-37-40(36-28)15-16-43-2/h3-10,17-18,27H,11-16H2,1-2H3,(H,33,41). The number of aromatic nitrogens is 6. The van der Waals surface area contributed by atoms with E-state index in [0.717, 1.165) is 5.56 Å². The van der Waals surface area contributed by atoms with Gasteiger partial charge in [0.25, 0.3) is 5.91 Å². The Morgan fingerprint density at radius 3 is 2.61 bits per heavy atom. The average molecular weight is 600 g/mol. The van der Waals surface area contributed by atoms with Gasteiger partial charge < -0.3 is 19.4 Å². The molecular weight excluding hydrogens is 569 g/mol. The van der Waals surface area contributed by atoms with Gasteiger partial charge in [-0.15, -0.1) is 10.2 Å². The van der Waals surface area contributed by atoms with Crippen LogP contribution in [0.3, 0.4) is 0 Å². The summed E-state index contributed by atoms with van der Waals surface area (Å²) in [5.41, 5.74) is 3.46. The monoisotopic (exact) mass is 599 g/mol. The lowest BCUT2D eigenvalue weighted by Gasteiger charge is -2.38. The molecular formula is C30H30FN9O4. The molecule has 1 aliphatic rings.